The van der Waals surface area contributed by atoms with Crippen molar-refractivity contribution in [2.75, 3.05) is 7.05 Å². The molecule has 0 unspecified atom stereocenters. The van der Waals surface area contributed by atoms with E-state index in [1.807, 2.05) is 43.7 Å². The third-order valence-electron chi connectivity index (χ3n) is 5.92. The van der Waals surface area contributed by atoms with E-state index in [9.17, 15) is 4.79 Å². The van der Waals surface area contributed by atoms with Crippen LogP contribution >= 0.6 is 0 Å². The van der Waals surface area contributed by atoms with Crippen molar-refractivity contribution in [3.8, 4) is 0 Å². The van der Waals surface area contributed by atoms with E-state index >= 15 is 0 Å². The minimum Gasteiger partial charge on any atom is -0.331 e. The van der Waals surface area contributed by atoms with Crippen molar-refractivity contribution in [2.45, 2.75) is 57.5 Å². The van der Waals surface area contributed by atoms with E-state index < -0.39 is 0 Å². The summed E-state index contributed by atoms with van der Waals surface area (Å²) in [5.41, 5.74) is 3.59. The van der Waals surface area contributed by atoms with Crippen LogP contribution in [0, 0.1) is 6.92 Å². The summed E-state index contributed by atoms with van der Waals surface area (Å²) in [4.78, 5) is 14.6. The Morgan fingerprint density at radius 1 is 1.23 bits per heavy atom. The number of aromatic nitrogens is 2. The summed E-state index contributed by atoms with van der Waals surface area (Å²) in [6, 6.07) is 11.0. The predicted molar refractivity (Wildman–Crippen MR) is 104 cm³/mol. The largest absolute Gasteiger partial charge is 0.331 e. The van der Waals surface area contributed by atoms with Crippen molar-refractivity contribution in [1.82, 2.24) is 20.0 Å². The third-order valence-corrected chi connectivity index (χ3v) is 5.92. The molecule has 1 atom stereocenters. The molecule has 2 aromatic rings. The van der Waals surface area contributed by atoms with Gasteiger partial charge in [-0.05, 0) is 51.0 Å². The van der Waals surface area contributed by atoms with Crippen LogP contribution in [0.2, 0.25) is 0 Å². The molecule has 1 aliphatic rings. The second-order valence-corrected chi connectivity index (χ2v) is 7.51. The molecule has 0 saturated heterocycles. The molecule has 5 nitrogen and oxygen atoms in total. The first-order valence-electron chi connectivity index (χ1n) is 9.54. The fourth-order valence-corrected chi connectivity index (χ4v) is 3.99. The van der Waals surface area contributed by atoms with Crippen LogP contribution in [0.3, 0.4) is 0 Å². The monoisotopic (exact) mass is 354 g/mol. The molecule has 0 bridgehead atoms. The molecule has 0 aliphatic heterocycles. The number of rotatable bonds is 4. The number of carbonyl (C=O) groups excluding carboxylic acids is 1. The molecule has 2 amide bonds. The lowest BCUT2D eigenvalue weighted by atomic mass is 9.81. The van der Waals surface area contributed by atoms with Crippen molar-refractivity contribution in [2.24, 2.45) is 7.05 Å². The lowest BCUT2D eigenvalue weighted by Gasteiger charge is -2.35. The molecule has 1 heterocycles. The minimum absolute atomic E-state index is 0.00362. The molecule has 5 heteroatoms. The Labute approximate surface area is 156 Å². The van der Waals surface area contributed by atoms with Gasteiger partial charge in [-0.15, -0.1) is 0 Å². The van der Waals surface area contributed by atoms with Crippen LogP contribution in [0.25, 0.3) is 0 Å². The summed E-state index contributed by atoms with van der Waals surface area (Å²) in [6.45, 7) is 4.04. The van der Waals surface area contributed by atoms with Gasteiger partial charge in [-0.25, -0.2) is 4.79 Å². The van der Waals surface area contributed by atoms with Crippen molar-refractivity contribution in [3.63, 3.8) is 0 Å². The van der Waals surface area contributed by atoms with E-state index in [2.05, 4.69) is 40.7 Å². The summed E-state index contributed by atoms with van der Waals surface area (Å²) in [5.74, 6) is 0.626. The smallest absolute Gasteiger partial charge is 0.317 e. The highest BCUT2D eigenvalue weighted by molar-refractivity contribution is 5.74. The van der Waals surface area contributed by atoms with Gasteiger partial charge < -0.3 is 10.2 Å². The lowest BCUT2D eigenvalue weighted by Crippen LogP contribution is -2.45. The normalized spacial score (nSPS) is 21.2. The van der Waals surface area contributed by atoms with E-state index in [0.29, 0.717) is 12.0 Å². The number of benzene rings is 1. The lowest BCUT2D eigenvalue weighted by molar-refractivity contribution is 0.167. The highest BCUT2D eigenvalue weighted by atomic mass is 16.2. The van der Waals surface area contributed by atoms with Crippen LogP contribution in [-0.2, 0) is 7.05 Å². The van der Waals surface area contributed by atoms with Crippen molar-refractivity contribution in [3.05, 3.63) is 53.3 Å². The van der Waals surface area contributed by atoms with Crippen LogP contribution in [0.5, 0.6) is 0 Å². The van der Waals surface area contributed by atoms with Gasteiger partial charge in [0.05, 0.1) is 12.2 Å². The van der Waals surface area contributed by atoms with Gasteiger partial charge in [0.1, 0.15) is 0 Å². The van der Waals surface area contributed by atoms with Gasteiger partial charge in [0.15, 0.2) is 0 Å². The molecule has 0 radical (unpaired) electrons. The number of amides is 2. The number of nitrogens with zero attached hydrogens (tertiary/aromatic N) is 3. The molecule has 1 N–H and O–H groups in total. The zero-order chi connectivity index (χ0) is 18.7. The molecular formula is C21H30N4O. The molecule has 26 heavy (non-hydrogen) atoms. The second-order valence-electron chi connectivity index (χ2n) is 7.51. The SMILES string of the molecule is Cc1c([C@@H](C)NC(=O)N(C)C2CCC(c3ccccc3)CC2)cnn1C. The molecule has 1 fully saturated rings. The third kappa shape index (κ3) is 3.92. The van der Waals surface area contributed by atoms with Crippen molar-refractivity contribution in [1.29, 1.82) is 0 Å². The maximum atomic E-state index is 12.7. The Bertz CT molecular complexity index is 732. The molecule has 3 rings (SSSR count). The zero-order valence-electron chi connectivity index (χ0n) is 16.3. The Kier molecular flexibility index (Phi) is 5.64. The number of carbonyl (C=O) groups is 1. The van der Waals surface area contributed by atoms with Gasteiger partial charge >= 0.3 is 6.03 Å². The molecule has 0 spiro atoms. The molecule has 1 aromatic heterocycles. The van der Waals surface area contributed by atoms with Gasteiger partial charge in [-0.3, -0.25) is 4.68 Å². The topological polar surface area (TPSA) is 50.2 Å². The quantitative estimate of drug-likeness (QED) is 0.896. The number of aryl methyl sites for hydroxylation is 1. The summed E-state index contributed by atoms with van der Waals surface area (Å²) >= 11 is 0. The standard InChI is InChI=1S/C21H30N4O/c1-15(20-14-22-25(4)16(20)2)23-21(26)24(3)19-12-10-18(11-13-19)17-8-6-5-7-9-17/h5-9,14-15,18-19H,10-13H2,1-4H3,(H,23,26)/t15-,18?,19?/m1/s1. The van der Waals surface area contributed by atoms with E-state index in [4.69, 9.17) is 0 Å². The Morgan fingerprint density at radius 2 is 1.88 bits per heavy atom. The maximum absolute atomic E-state index is 12.7. The van der Waals surface area contributed by atoms with Gasteiger partial charge in [0.25, 0.3) is 0 Å². The molecular weight excluding hydrogens is 324 g/mol. The second kappa shape index (κ2) is 7.94. The van der Waals surface area contributed by atoms with E-state index in [1.165, 1.54) is 5.56 Å². The Morgan fingerprint density at radius 3 is 2.46 bits per heavy atom. The highest BCUT2D eigenvalue weighted by Gasteiger charge is 2.28. The van der Waals surface area contributed by atoms with Gasteiger partial charge in [0.2, 0.25) is 0 Å². The van der Waals surface area contributed by atoms with Gasteiger partial charge in [0, 0.05) is 31.4 Å². The van der Waals surface area contributed by atoms with E-state index in [1.54, 1.807) is 0 Å². The molecule has 140 valence electrons. The first kappa shape index (κ1) is 18.5. The predicted octanol–water partition coefficient (Wildman–Crippen LogP) is 4.16. The summed E-state index contributed by atoms with van der Waals surface area (Å²) in [6.07, 6.45) is 6.24. The fourth-order valence-electron chi connectivity index (χ4n) is 3.99. The van der Waals surface area contributed by atoms with E-state index in [-0.39, 0.29) is 12.1 Å². The van der Waals surface area contributed by atoms with Gasteiger partial charge in [-0.1, -0.05) is 30.3 Å². The summed E-state index contributed by atoms with van der Waals surface area (Å²) in [7, 11) is 3.84. The van der Waals surface area contributed by atoms with Crippen LogP contribution < -0.4 is 5.32 Å². The van der Waals surface area contributed by atoms with Crippen LogP contribution in [0.15, 0.2) is 36.5 Å². The molecule has 1 aromatic carbocycles. The highest BCUT2D eigenvalue weighted by Crippen LogP contribution is 2.34. The molecule has 1 aliphatic carbocycles. The number of hydrogen-bond donors (Lipinski definition) is 1. The first-order valence-corrected chi connectivity index (χ1v) is 9.54. The van der Waals surface area contributed by atoms with Crippen LogP contribution in [-0.4, -0.2) is 33.8 Å². The fraction of sp³-hybridized carbons (Fsp3) is 0.524. The molecule has 1 saturated carbocycles. The zero-order valence-corrected chi connectivity index (χ0v) is 16.3. The minimum atomic E-state index is -0.0423. The number of nitrogens with one attached hydrogen (secondary N) is 1. The van der Waals surface area contributed by atoms with Crippen molar-refractivity contribution >= 4 is 6.03 Å². The van der Waals surface area contributed by atoms with Crippen molar-refractivity contribution < 1.29 is 4.79 Å². The number of urea groups is 1. The average molecular weight is 354 g/mol. The van der Waals surface area contributed by atoms with E-state index in [0.717, 1.165) is 36.9 Å². The van der Waals surface area contributed by atoms with Crippen LogP contribution in [0.4, 0.5) is 4.79 Å². The summed E-state index contributed by atoms with van der Waals surface area (Å²) in [5, 5.41) is 7.39. The Balaban J connectivity index is 1.54. The van der Waals surface area contributed by atoms with Gasteiger partial charge in [-0.2, -0.15) is 5.10 Å². The number of hydrogen-bond acceptors (Lipinski definition) is 2. The Hall–Kier alpha value is -2.30. The summed E-state index contributed by atoms with van der Waals surface area (Å²) < 4.78 is 1.84. The van der Waals surface area contributed by atoms with Crippen LogP contribution in [0.1, 0.15) is 61.4 Å². The average Bonchev–Trinajstić information content (AvgIpc) is 3.01. The maximum Gasteiger partial charge on any atom is 0.317 e. The first-order chi connectivity index (χ1) is 12.5.